The van der Waals surface area contributed by atoms with Gasteiger partial charge < -0.3 is 5.32 Å². The maximum absolute atomic E-state index is 13.0. The number of halogens is 2. The van der Waals surface area contributed by atoms with Crippen molar-refractivity contribution in [3.8, 4) is 0 Å². The van der Waals surface area contributed by atoms with Gasteiger partial charge >= 0.3 is 0 Å². The van der Waals surface area contributed by atoms with Crippen LogP contribution < -0.4 is 14.3 Å². The zero-order valence-electron chi connectivity index (χ0n) is 18.1. The molecule has 0 saturated carbocycles. The molecule has 0 aliphatic rings. The van der Waals surface area contributed by atoms with Gasteiger partial charge in [0.25, 0.3) is 10.0 Å². The van der Waals surface area contributed by atoms with Gasteiger partial charge in [0.05, 0.1) is 16.8 Å². The molecule has 0 atom stereocenters. The van der Waals surface area contributed by atoms with Crippen molar-refractivity contribution >= 4 is 58.9 Å². The van der Waals surface area contributed by atoms with Gasteiger partial charge in [-0.05, 0) is 79.2 Å². The zero-order valence-corrected chi connectivity index (χ0v) is 21.3. The summed E-state index contributed by atoms with van der Waals surface area (Å²) in [5.74, 6) is -1.10. The lowest BCUT2D eigenvalue weighted by molar-refractivity contribution is -0.114. The van der Waals surface area contributed by atoms with E-state index in [-0.39, 0.29) is 16.3 Å². The fraction of sp³-hybridized carbons (Fsp3) is 0.136. The topological polar surface area (TPSA) is 113 Å². The Kier molecular flexibility index (Phi) is 7.64. The Labute approximate surface area is 206 Å². The summed E-state index contributed by atoms with van der Waals surface area (Å²) >= 11 is 3.36. The van der Waals surface area contributed by atoms with Crippen LogP contribution in [-0.2, 0) is 24.8 Å². The van der Waals surface area contributed by atoms with Crippen LogP contribution in [-0.4, -0.2) is 35.5 Å². The second-order valence-corrected chi connectivity index (χ2v) is 11.8. The first-order valence-electron chi connectivity index (χ1n) is 9.77. The Morgan fingerprint density at radius 3 is 2.09 bits per heavy atom. The number of carbonyl (C=O) groups is 1. The van der Waals surface area contributed by atoms with E-state index >= 15 is 0 Å². The highest BCUT2D eigenvalue weighted by Gasteiger charge is 2.22. The molecule has 0 fully saturated rings. The molecule has 3 rings (SSSR count). The molecule has 34 heavy (non-hydrogen) atoms. The number of nitrogens with zero attached hydrogens (tertiary/aromatic N) is 1. The Hall–Kier alpha value is -2.96. The quantitative estimate of drug-likeness (QED) is 0.424. The maximum Gasteiger partial charge on any atom is 0.261 e. The molecule has 0 unspecified atom stereocenters. The predicted molar refractivity (Wildman–Crippen MR) is 133 cm³/mol. The highest BCUT2D eigenvalue weighted by atomic mass is 79.9. The number of anilines is 3. The van der Waals surface area contributed by atoms with Crippen LogP contribution in [0.5, 0.6) is 0 Å². The maximum atomic E-state index is 13.0. The summed E-state index contributed by atoms with van der Waals surface area (Å²) in [6, 6.07) is 15.1. The van der Waals surface area contributed by atoms with Gasteiger partial charge in [0.1, 0.15) is 12.4 Å². The monoisotopic (exact) mass is 569 g/mol. The van der Waals surface area contributed by atoms with E-state index in [1.54, 1.807) is 25.1 Å². The van der Waals surface area contributed by atoms with E-state index in [0.717, 1.165) is 32.7 Å². The molecule has 180 valence electrons. The Bertz CT molecular complexity index is 1410. The van der Waals surface area contributed by atoms with E-state index in [0.29, 0.717) is 5.69 Å². The number of aryl methyl sites for hydroxylation is 1. The van der Waals surface area contributed by atoms with Crippen molar-refractivity contribution in [2.45, 2.75) is 11.8 Å². The van der Waals surface area contributed by atoms with Crippen molar-refractivity contribution in [2.24, 2.45) is 0 Å². The molecule has 0 aliphatic carbocycles. The van der Waals surface area contributed by atoms with Crippen LogP contribution in [0, 0.1) is 12.7 Å². The van der Waals surface area contributed by atoms with E-state index in [2.05, 4.69) is 26.0 Å². The number of benzene rings is 3. The molecule has 0 aliphatic heterocycles. The molecule has 0 spiro atoms. The van der Waals surface area contributed by atoms with Crippen LogP contribution >= 0.6 is 15.9 Å². The molecule has 0 heterocycles. The molecule has 8 nitrogen and oxygen atoms in total. The standard InChI is InChI=1S/C22H21BrFN3O5S2/c1-15-13-19(9-12-21(15)23)27(33(2,29)30)14-22(28)25-17-7-10-20(11-8-17)34(31,32)26-18-5-3-16(24)4-6-18/h3-13,26H,14H2,1-2H3,(H,25,28). The average Bonchev–Trinajstić information content (AvgIpc) is 2.75. The number of amides is 1. The molecule has 0 aromatic heterocycles. The third-order valence-electron chi connectivity index (χ3n) is 4.66. The lowest BCUT2D eigenvalue weighted by Gasteiger charge is -2.22. The molecule has 0 bridgehead atoms. The normalized spacial score (nSPS) is 11.6. The van der Waals surface area contributed by atoms with Crippen molar-refractivity contribution < 1.29 is 26.0 Å². The highest BCUT2D eigenvalue weighted by molar-refractivity contribution is 9.10. The molecule has 1 amide bonds. The molecular weight excluding hydrogens is 549 g/mol. The van der Waals surface area contributed by atoms with Gasteiger partial charge in [0, 0.05) is 15.8 Å². The summed E-state index contributed by atoms with van der Waals surface area (Å²) in [5.41, 5.74) is 1.62. The summed E-state index contributed by atoms with van der Waals surface area (Å²) in [7, 11) is -7.68. The van der Waals surface area contributed by atoms with Gasteiger partial charge in [-0.15, -0.1) is 0 Å². The third-order valence-corrected chi connectivity index (χ3v) is 8.09. The number of carbonyl (C=O) groups excluding carboxylic acids is 1. The number of hydrogen-bond acceptors (Lipinski definition) is 5. The fourth-order valence-corrected chi connectivity index (χ4v) is 5.12. The Morgan fingerprint density at radius 1 is 0.941 bits per heavy atom. The third kappa shape index (κ3) is 6.55. The fourth-order valence-electron chi connectivity index (χ4n) is 2.96. The van der Waals surface area contributed by atoms with Gasteiger partial charge in [0.15, 0.2) is 0 Å². The van der Waals surface area contributed by atoms with Crippen LogP contribution in [0.15, 0.2) is 76.1 Å². The Morgan fingerprint density at radius 2 is 1.53 bits per heavy atom. The molecule has 2 N–H and O–H groups in total. The predicted octanol–water partition coefficient (Wildman–Crippen LogP) is 4.10. The molecule has 0 saturated heterocycles. The van der Waals surface area contributed by atoms with Gasteiger partial charge in [-0.1, -0.05) is 15.9 Å². The van der Waals surface area contributed by atoms with Crippen molar-refractivity contribution in [3.05, 3.63) is 82.6 Å². The number of nitrogens with one attached hydrogen (secondary N) is 2. The zero-order chi connectivity index (χ0) is 25.1. The molecular formula is C22H21BrFN3O5S2. The van der Waals surface area contributed by atoms with Crippen molar-refractivity contribution in [2.75, 3.05) is 27.1 Å². The first-order valence-corrected chi connectivity index (χ1v) is 13.9. The van der Waals surface area contributed by atoms with Crippen LogP contribution in [0.2, 0.25) is 0 Å². The smallest absolute Gasteiger partial charge is 0.261 e. The van der Waals surface area contributed by atoms with Crippen molar-refractivity contribution in [3.63, 3.8) is 0 Å². The lowest BCUT2D eigenvalue weighted by Crippen LogP contribution is -2.37. The van der Waals surface area contributed by atoms with E-state index in [4.69, 9.17) is 0 Å². The number of sulfonamides is 2. The van der Waals surface area contributed by atoms with Gasteiger partial charge in [0.2, 0.25) is 15.9 Å². The molecule has 3 aromatic rings. The first-order chi connectivity index (χ1) is 15.8. The van der Waals surface area contributed by atoms with Crippen molar-refractivity contribution in [1.29, 1.82) is 0 Å². The average molecular weight is 570 g/mol. The minimum absolute atomic E-state index is 0.0714. The molecule has 0 radical (unpaired) electrons. The van der Waals surface area contributed by atoms with Crippen LogP contribution in [0.1, 0.15) is 5.56 Å². The lowest BCUT2D eigenvalue weighted by atomic mass is 10.2. The first kappa shape index (κ1) is 25.7. The van der Waals surface area contributed by atoms with E-state index in [9.17, 15) is 26.0 Å². The van der Waals surface area contributed by atoms with E-state index in [1.165, 1.54) is 36.4 Å². The largest absolute Gasteiger partial charge is 0.325 e. The minimum Gasteiger partial charge on any atom is -0.325 e. The molecule has 12 heteroatoms. The van der Waals surface area contributed by atoms with E-state index < -0.39 is 38.3 Å². The number of hydrogen-bond donors (Lipinski definition) is 2. The Balaban J connectivity index is 1.71. The van der Waals surface area contributed by atoms with Gasteiger partial charge in [-0.2, -0.15) is 0 Å². The molecule has 3 aromatic carbocycles. The summed E-state index contributed by atoms with van der Waals surface area (Å²) in [6.45, 7) is 1.33. The summed E-state index contributed by atoms with van der Waals surface area (Å²) < 4.78 is 66.7. The summed E-state index contributed by atoms with van der Waals surface area (Å²) in [6.07, 6.45) is 1.01. The van der Waals surface area contributed by atoms with Crippen LogP contribution in [0.25, 0.3) is 0 Å². The van der Waals surface area contributed by atoms with Gasteiger partial charge in [-0.25, -0.2) is 21.2 Å². The second-order valence-electron chi connectivity index (χ2n) is 7.39. The summed E-state index contributed by atoms with van der Waals surface area (Å²) in [4.78, 5) is 12.5. The second kappa shape index (κ2) is 10.1. The van der Waals surface area contributed by atoms with Crippen LogP contribution in [0.4, 0.5) is 21.5 Å². The minimum atomic E-state index is -3.93. The summed E-state index contributed by atoms with van der Waals surface area (Å²) in [5, 5.41) is 2.56. The van der Waals surface area contributed by atoms with Gasteiger partial charge in [-0.3, -0.25) is 13.8 Å². The number of rotatable bonds is 8. The van der Waals surface area contributed by atoms with E-state index in [1.807, 2.05) is 0 Å². The SMILES string of the molecule is Cc1cc(N(CC(=O)Nc2ccc(S(=O)(=O)Nc3ccc(F)cc3)cc2)S(C)(=O)=O)ccc1Br. The van der Waals surface area contributed by atoms with Crippen LogP contribution in [0.3, 0.4) is 0 Å². The van der Waals surface area contributed by atoms with Crippen molar-refractivity contribution in [1.82, 2.24) is 0 Å². The highest BCUT2D eigenvalue weighted by Crippen LogP contribution is 2.25.